The zero-order valence-electron chi connectivity index (χ0n) is 14.8. The SMILES string of the molecule is COc1ccccc1C(=O)NCc1ccc(-n2cnc3ccccc32)nc1. The standard InChI is InChI=1S/C21H18N4O2/c1-27-19-9-5-2-6-16(19)21(26)23-13-15-10-11-20(22-12-15)25-14-24-17-7-3-4-8-18(17)25/h2-12,14H,13H2,1H3,(H,23,26). The number of carbonyl (C=O) groups is 1. The Morgan fingerprint density at radius 3 is 2.67 bits per heavy atom. The highest BCUT2D eigenvalue weighted by Gasteiger charge is 2.11. The minimum absolute atomic E-state index is 0.183. The van der Waals surface area contributed by atoms with Crippen LogP contribution in [-0.4, -0.2) is 27.6 Å². The molecule has 2 heterocycles. The monoisotopic (exact) mass is 358 g/mol. The van der Waals surface area contributed by atoms with Crippen LogP contribution in [0.15, 0.2) is 73.2 Å². The molecule has 2 aromatic carbocycles. The zero-order valence-corrected chi connectivity index (χ0v) is 14.8. The second-order valence-electron chi connectivity index (χ2n) is 6.01. The van der Waals surface area contributed by atoms with Crippen molar-refractivity contribution in [2.45, 2.75) is 6.54 Å². The summed E-state index contributed by atoms with van der Waals surface area (Å²) in [5.74, 6) is 1.15. The molecule has 0 fully saturated rings. The Bertz CT molecular complexity index is 1090. The van der Waals surface area contributed by atoms with Gasteiger partial charge in [-0.1, -0.05) is 30.3 Å². The number of carbonyl (C=O) groups excluding carboxylic acids is 1. The third-order valence-corrected chi connectivity index (χ3v) is 4.31. The van der Waals surface area contributed by atoms with Crippen LogP contribution in [-0.2, 0) is 6.54 Å². The third-order valence-electron chi connectivity index (χ3n) is 4.31. The first kappa shape index (κ1) is 16.8. The lowest BCUT2D eigenvalue weighted by atomic mass is 10.2. The maximum Gasteiger partial charge on any atom is 0.255 e. The molecule has 0 aliphatic heterocycles. The van der Waals surface area contributed by atoms with E-state index in [0.29, 0.717) is 17.9 Å². The Kier molecular flexibility index (Phi) is 4.53. The maximum atomic E-state index is 12.4. The lowest BCUT2D eigenvalue weighted by Gasteiger charge is -2.09. The Morgan fingerprint density at radius 1 is 1.04 bits per heavy atom. The van der Waals surface area contributed by atoms with Gasteiger partial charge in [0.2, 0.25) is 0 Å². The number of benzene rings is 2. The molecule has 0 radical (unpaired) electrons. The van der Waals surface area contributed by atoms with Gasteiger partial charge in [0.05, 0.1) is 23.7 Å². The molecule has 4 aromatic rings. The number of aromatic nitrogens is 3. The number of nitrogens with zero attached hydrogens (tertiary/aromatic N) is 3. The summed E-state index contributed by atoms with van der Waals surface area (Å²) in [6.07, 6.45) is 3.52. The molecule has 27 heavy (non-hydrogen) atoms. The van der Waals surface area contributed by atoms with Gasteiger partial charge in [-0.2, -0.15) is 0 Å². The third kappa shape index (κ3) is 3.37. The van der Waals surface area contributed by atoms with Crippen molar-refractivity contribution in [1.82, 2.24) is 19.9 Å². The van der Waals surface area contributed by atoms with Crippen LogP contribution in [0.1, 0.15) is 15.9 Å². The highest BCUT2D eigenvalue weighted by molar-refractivity contribution is 5.96. The predicted molar refractivity (Wildman–Crippen MR) is 103 cm³/mol. The summed E-state index contributed by atoms with van der Waals surface area (Å²) in [5.41, 5.74) is 3.34. The van der Waals surface area contributed by atoms with Crippen molar-refractivity contribution in [2.24, 2.45) is 0 Å². The van der Waals surface area contributed by atoms with Gasteiger partial charge in [-0.15, -0.1) is 0 Å². The number of rotatable bonds is 5. The molecule has 0 saturated heterocycles. The summed E-state index contributed by atoms with van der Waals surface area (Å²) >= 11 is 0. The van der Waals surface area contributed by atoms with Crippen LogP contribution in [0.2, 0.25) is 0 Å². The average Bonchev–Trinajstić information content (AvgIpc) is 3.16. The van der Waals surface area contributed by atoms with Crippen LogP contribution in [0.4, 0.5) is 0 Å². The van der Waals surface area contributed by atoms with Gasteiger partial charge in [0, 0.05) is 12.7 Å². The zero-order chi connectivity index (χ0) is 18.6. The van der Waals surface area contributed by atoms with Crippen molar-refractivity contribution in [3.63, 3.8) is 0 Å². The first-order valence-electron chi connectivity index (χ1n) is 8.55. The number of methoxy groups -OCH3 is 1. The number of nitrogens with one attached hydrogen (secondary N) is 1. The summed E-state index contributed by atoms with van der Waals surface area (Å²) in [4.78, 5) is 21.3. The van der Waals surface area contributed by atoms with Gasteiger partial charge in [-0.3, -0.25) is 9.36 Å². The summed E-state index contributed by atoms with van der Waals surface area (Å²) in [6.45, 7) is 0.384. The Morgan fingerprint density at radius 2 is 1.85 bits per heavy atom. The molecule has 134 valence electrons. The number of ether oxygens (including phenoxy) is 1. The molecule has 0 aliphatic rings. The molecular formula is C21H18N4O2. The fourth-order valence-corrected chi connectivity index (χ4v) is 2.92. The van der Waals surface area contributed by atoms with E-state index in [2.05, 4.69) is 15.3 Å². The first-order chi connectivity index (χ1) is 13.3. The van der Waals surface area contributed by atoms with E-state index in [-0.39, 0.29) is 5.91 Å². The largest absolute Gasteiger partial charge is 0.496 e. The van der Waals surface area contributed by atoms with E-state index in [9.17, 15) is 4.79 Å². The van der Waals surface area contributed by atoms with Crippen molar-refractivity contribution in [1.29, 1.82) is 0 Å². The van der Waals surface area contributed by atoms with Crippen molar-refractivity contribution in [3.05, 3.63) is 84.3 Å². The van der Waals surface area contributed by atoms with Crippen LogP contribution in [0.5, 0.6) is 5.75 Å². The molecule has 1 N–H and O–H groups in total. The van der Waals surface area contributed by atoms with Gasteiger partial charge in [-0.05, 0) is 35.9 Å². The first-order valence-corrected chi connectivity index (χ1v) is 8.55. The molecule has 0 saturated carbocycles. The molecule has 6 heteroatoms. The second kappa shape index (κ2) is 7.29. The Hall–Kier alpha value is -3.67. The Labute approximate surface area is 156 Å². The van der Waals surface area contributed by atoms with Crippen molar-refractivity contribution in [2.75, 3.05) is 7.11 Å². The normalized spacial score (nSPS) is 10.7. The van der Waals surface area contributed by atoms with Gasteiger partial charge in [0.15, 0.2) is 0 Å². The molecule has 1 amide bonds. The number of pyridine rings is 1. The summed E-state index contributed by atoms with van der Waals surface area (Å²) in [7, 11) is 1.55. The number of hydrogen-bond acceptors (Lipinski definition) is 4. The molecule has 0 atom stereocenters. The topological polar surface area (TPSA) is 69.0 Å². The minimum Gasteiger partial charge on any atom is -0.496 e. The van der Waals surface area contributed by atoms with Crippen molar-refractivity contribution in [3.8, 4) is 11.6 Å². The lowest BCUT2D eigenvalue weighted by molar-refractivity contribution is 0.0948. The second-order valence-corrected chi connectivity index (χ2v) is 6.01. The molecule has 0 bridgehead atoms. The van der Waals surface area contributed by atoms with Crippen molar-refractivity contribution >= 4 is 16.9 Å². The molecule has 4 rings (SSSR count). The fraction of sp³-hybridized carbons (Fsp3) is 0.0952. The molecule has 2 aromatic heterocycles. The van der Waals surface area contributed by atoms with E-state index in [1.165, 1.54) is 0 Å². The quantitative estimate of drug-likeness (QED) is 0.594. The fourth-order valence-electron chi connectivity index (χ4n) is 2.92. The van der Waals surface area contributed by atoms with Crippen molar-refractivity contribution < 1.29 is 9.53 Å². The van der Waals surface area contributed by atoms with Crippen LogP contribution in [0.25, 0.3) is 16.9 Å². The van der Waals surface area contributed by atoms with Crippen LogP contribution in [0, 0.1) is 0 Å². The van der Waals surface area contributed by atoms with E-state index < -0.39 is 0 Å². The van der Waals surface area contributed by atoms with E-state index in [1.807, 2.05) is 53.1 Å². The lowest BCUT2D eigenvalue weighted by Crippen LogP contribution is -2.23. The molecule has 0 aliphatic carbocycles. The number of amides is 1. The summed E-state index contributed by atoms with van der Waals surface area (Å²) in [5, 5.41) is 2.90. The number of hydrogen-bond donors (Lipinski definition) is 1. The maximum absolute atomic E-state index is 12.4. The van der Waals surface area contributed by atoms with Gasteiger partial charge in [0.25, 0.3) is 5.91 Å². The minimum atomic E-state index is -0.183. The summed E-state index contributed by atoms with van der Waals surface area (Å²) < 4.78 is 7.17. The number of fused-ring (bicyclic) bond motifs is 1. The predicted octanol–water partition coefficient (Wildman–Crippen LogP) is 3.36. The van der Waals surface area contributed by atoms with E-state index >= 15 is 0 Å². The number of imidazole rings is 1. The average molecular weight is 358 g/mol. The van der Waals surface area contributed by atoms with Crippen LogP contribution < -0.4 is 10.1 Å². The van der Waals surface area contributed by atoms with Gasteiger partial charge in [0.1, 0.15) is 17.9 Å². The molecule has 0 unspecified atom stereocenters. The van der Waals surface area contributed by atoms with E-state index in [4.69, 9.17) is 4.74 Å². The van der Waals surface area contributed by atoms with Gasteiger partial charge in [-0.25, -0.2) is 9.97 Å². The Balaban J connectivity index is 1.47. The summed E-state index contributed by atoms with van der Waals surface area (Å²) in [6, 6.07) is 18.9. The van der Waals surface area contributed by atoms with Gasteiger partial charge >= 0.3 is 0 Å². The molecule has 6 nitrogen and oxygen atoms in total. The van der Waals surface area contributed by atoms with Gasteiger partial charge < -0.3 is 10.1 Å². The van der Waals surface area contributed by atoms with E-state index in [1.54, 1.807) is 31.8 Å². The van der Waals surface area contributed by atoms with Crippen LogP contribution in [0.3, 0.4) is 0 Å². The van der Waals surface area contributed by atoms with Crippen LogP contribution >= 0.6 is 0 Å². The highest BCUT2D eigenvalue weighted by atomic mass is 16.5. The highest BCUT2D eigenvalue weighted by Crippen LogP contribution is 2.18. The smallest absolute Gasteiger partial charge is 0.255 e. The van der Waals surface area contributed by atoms with E-state index in [0.717, 1.165) is 22.4 Å². The number of para-hydroxylation sites is 3. The molecule has 0 spiro atoms. The molecular weight excluding hydrogens is 340 g/mol.